The summed E-state index contributed by atoms with van der Waals surface area (Å²) in [6.07, 6.45) is 1.82. The van der Waals surface area contributed by atoms with E-state index in [1.807, 2.05) is 31.4 Å². The number of hydrogen-bond acceptors (Lipinski definition) is 6. The number of pyridine rings is 1. The van der Waals surface area contributed by atoms with Crippen LogP contribution in [0.4, 0.5) is 5.69 Å². The minimum atomic E-state index is 0.103. The number of nitrogens with one attached hydrogen (secondary N) is 1. The lowest BCUT2D eigenvalue weighted by molar-refractivity contribution is 0.234. The molecule has 0 amide bonds. The normalized spacial score (nSPS) is 10.5. The number of aromatic nitrogens is 3. The fourth-order valence-electron chi connectivity index (χ4n) is 1.29. The molecule has 0 fully saturated rings. The van der Waals surface area contributed by atoms with Crippen molar-refractivity contribution in [3.8, 4) is 5.88 Å². The van der Waals surface area contributed by atoms with E-state index in [-0.39, 0.29) is 6.10 Å². The van der Waals surface area contributed by atoms with Crippen LogP contribution in [0.2, 0.25) is 0 Å². The number of anilines is 1. The Hall–Kier alpha value is -1.69. The van der Waals surface area contributed by atoms with Crippen molar-refractivity contribution in [3.63, 3.8) is 0 Å². The molecule has 0 aliphatic rings. The predicted octanol–water partition coefficient (Wildman–Crippen LogP) is 2.33. The van der Waals surface area contributed by atoms with Gasteiger partial charge in [0, 0.05) is 11.6 Å². The average molecular weight is 250 g/mol. The van der Waals surface area contributed by atoms with Crippen LogP contribution in [0.5, 0.6) is 5.88 Å². The Kier molecular flexibility index (Phi) is 3.87. The summed E-state index contributed by atoms with van der Waals surface area (Å²) in [7, 11) is 0. The average Bonchev–Trinajstić information content (AvgIpc) is 2.80. The Balaban J connectivity index is 2.04. The quantitative estimate of drug-likeness (QED) is 0.882. The van der Waals surface area contributed by atoms with Gasteiger partial charge in [0.1, 0.15) is 0 Å². The molecule has 0 bridgehead atoms. The van der Waals surface area contributed by atoms with E-state index in [1.165, 1.54) is 11.5 Å². The molecular formula is C11H14N4OS. The van der Waals surface area contributed by atoms with Gasteiger partial charge in [0.15, 0.2) is 0 Å². The van der Waals surface area contributed by atoms with Crippen LogP contribution in [0.15, 0.2) is 23.7 Å². The van der Waals surface area contributed by atoms with Gasteiger partial charge in [-0.05, 0) is 37.5 Å². The molecule has 0 radical (unpaired) electrons. The molecule has 0 unspecified atom stereocenters. The van der Waals surface area contributed by atoms with Crippen molar-refractivity contribution in [1.29, 1.82) is 0 Å². The molecule has 0 saturated heterocycles. The van der Waals surface area contributed by atoms with Crippen molar-refractivity contribution >= 4 is 17.2 Å². The van der Waals surface area contributed by atoms with Gasteiger partial charge in [-0.25, -0.2) is 4.98 Å². The number of hydrogen-bond donors (Lipinski definition) is 1. The predicted molar refractivity (Wildman–Crippen MR) is 67.2 cm³/mol. The molecule has 2 aromatic rings. The van der Waals surface area contributed by atoms with Crippen LogP contribution < -0.4 is 10.1 Å². The molecule has 2 rings (SSSR count). The molecule has 17 heavy (non-hydrogen) atoms. The number of rotatable bonds is 5. The molecule has 5 nitrogen and oxygen atoms in total. The highest BCUT2D eigenvalue weighted by molar-refractivity contribution is 7.03. The van der Waals surface area contributed by atoms with Crippen LogP contribution in [0.1, 0.15) is 19.5 Å². The second kappa shape index (κ2) is 5.58. The van der Waals surface area contributed by atoms with Crippen LogP contribution >= 0.6 is 11.5 Å². The highest BCUT2D eigenvalue weighted by atomic mass is 32.1. The van der Waals surface area contributed by atoms with Crippen LogP contribution in [-0.4, -0.2) is 20.7 Å². The van der Waals surface area contributed by atoms with Crippen molar-refractivity contribution in [2.45, 2.75) is 26.5 Å². The third-order valence-electron chi connectivity index (χ3n) is 1.98. The zero-order valence-corrected chi connectivity index (χ0v) is 10.6. The summed E-state index contributed by atoms with van der Waals surface area (Å²) in [6.45, 7) is 4.57. The monoisotopic (exact) mass is 250 g/mol. The summed E-state index contributed by atoms with van der Waals surface area (Å²) in [6, 6.07) is 3.80. The molecule has 2 aromatic heterocycles. The third kappa shape index (κ3) is 3.39. The number of ether oxygens (including phenoxy) is 1. The van der Waals surface area contributed by atoms with Crippen molar-refractivity contribution in [3.05, 3.63) is 29.4 Å². The lowest BCUT2D eigenvalue weighted by atomic mass is 10.3. The maximum atomic E-state index is 5.61. The zero-order chi connectivity index (χ0) is 12.1. The van der Waals surface area contributed by atoms with Gasteiger partial charge in [0.2, 0.25) is 5.88 Å². The van der Waals surface area contributed by atoms with Crippen LogP contribution in [0, 0.1) is 0 Å². The molecule has 0 aromatic carbocycles. The molecule has 0 aliphatic heterocycles. The first-order valence-corrected chi connectivity index (χ1v) is 6.21. The van der Waals surface area contributed by atoms with E-state index in [1.54, 1.807) is 6.20 Å². The molecule has 0 aliphatic carbocycles. The van der Waals surface area contributed by atoms with Gasteiger partial charge in [-0.15, -0.1) is 5.10 Å². The molecule has 90 valence electrons. The summed E-state index contributed by atoms with van der Waals surface area (Å²) in [4.78, 5) is 4.20. The summed E-state index contributed by atoms with van der Waals surface area (Å²) >= 11 is 1.34. The Morgan fingerprint density at radius 1 is 1.47 bits per heavy atom. The van der Waals surface area contributed by atoms with Crippen LogP contribution in [0.25, 0.3) is 0 Å². The standard InChI is InChI=1S/C11H14N4OS/c1-8(2)16-11-10(4-3-5-12-11)13-6-9-7-17-15-14-9/h3-5,7-8,13H,6H2,1-2H3. The van der Waals surface area contributed by atoms with E-state index in [4.69, 9.17) is 4.74 Å². The first-order valence-electron chi connectivity index (χ1n) is 5.37. The lowest BCUT2D eigenvalue weighted by Crippen LogP contribution is -2.10. The van der Waals surface area contributed by atoms with Crippen LogP contribution in [0.3, 0.4) is 0 Å². The molecule has 0 saturated carbocycles. The lowest BCUT2D eigenvalue weighted by Gasteiger charge is -2.13. The molecular weight excluding hydrogens is 236 g/mol. The largest absolute Gasteiger partial charge is 0.473 e. The molecule has 0 spiro atoms. The second-order valence-electron chi connectivity index (χ2n) is 3.77. The third-order valence-corrected chi connectivity index (χ3v) is 2.54. The molecule has 1 N–H and O–H groups in total. The second-order valence-corrected chi connectivity index (χ2v) is 4.38. The van der Waals surface area contributed by atoms with Gasteiger partial charge in [-0.3, -0.25) is 0 Å². The van der Waals surface area contributed by atoms with Crippen molar-refractivity contribution < 1.29 is 4.74 Å². The first kappa shape index (κ1) is 11.8. The topological polar surface area (TPSA) is 59.9 Å². The fourth-order valence-corrected chi connectivity index (χ4v) is 1.74. The summed E-state index contributed by atoms with van der Waals surface area (Å²) in [5, 5.41) is 9.11. The smallest absolute Gasteiger partial charge is 0.237 e. The van der Waals surface area contributed by atoms with Crippen LogP contribution in [-0.2, 0) is 6.54 Å². The summed E-state index contributed by atoms with van der Waals surface area (Å²) in [5.74, 6) is 0.616. The first-order chi connectivity index (χ1) is 8.25. The molecule has 0 atom stereocenters. The van der Waals surface area contributed by atoms with E-state index in [0.717, 1.165) is 11.4 Å². The maximum absolute atomic E-state index is 5.61. The van der Waals surface area contributed by atoms with E-state index >= 15 is 0 Å². The molecule has 6 heteroatoms. The summed E-state index contributed by atoms with van der Waals surface area (Å²) < 4.78 is 9.42. The minimum Gasteiger partial charge on any atom is -0.473 e. The van der Waals surface area contributed by atoms with Gasteiger partial charge in [0.05, 0.1) is 24.0 Å². The number of nitrogens with zero attached hydrogens (tertiary/aromatic N) is 3. The van der Waals surface area contributed by atoms with E-state index in [0.29, 0.717) is 12.4 Å². The van der Waals surface area contributed by atoms with Crippen molar-refractivity contribution in [2.24, 2.45) is 0 Å². The van der Waals surface area contributed by atoms with E-state index in [9.17, 15) is 0 Å². The zero-order valence-electron chi connectivity index (χ0n) is 9.75. The van der Waals surface area contributed by atoms with E-state index < -0.39 is 0 Å². The van der Waals surface area contributed by atoms with Gasteiger partial charge >= 0.3 is 0 Å². The fraction of sp³-hybridized carbons (Fsp3) is 0.364. The SMILES string of the molecule is CC(C)Oc1ncccc1NCc1csnn1. The van der Waals surface area contributed by atoms with Crippen molar-refractivity contribution in [1.82, 2.24) is 14.6 Å². The Morgan fingerprint density at radius 2 is 2.35 bits per heavy atom. The maximum Gasteiger partial charge on any atom is 0.237 e. The van der Waals surface area contributed by atoms with Gasteiger partial charge in [-0.1, -0.05) is 4.49 Å². The van der Waals surface area contributed by atoms with Crippen molar-refractivity contribution in [2.75, 3.05) is 5.32 Å². The Morgan fingerprint density at radius 3 is 3.06 bits per heavy atom. The molecule has 2 heterocycles. The van der Waals surface area contributed by atoms with Gasteiger partial charge < -0.3 is 10.1 Å². The van der Waals surface area contributed by atoms with Gasteiger partial charge in [0.25, 0.3) is 0 Å². The summed E-state index contributed by atoms with van der Waals surface area (Å²) in [5.41, 5.74) is 1.78. The highest BCUT2D eigenvalue weighted by Gasteiger charge is 2.06. The minimum absolute atomic E-state index is 0.103. The Labute approximate surface area is 104 Å². The van der Waals surface area contributed by atoms with Gasteiger partial charge in [-0.2, -0.15) is 0 Å². The Bertz CT molecular complexity index is 458. The van der Waals surface area contributed by atoms with E-state index in [2.05, 4.69) is 19.9 Å². The highest BCUT2D eigenvalue weighted by Crippen LogP contribution is 2.22.